The summed E-state index contributed by atoms with van der Waals surface area (Å²) in [4.78, 5) is 31.4. The van der Waals surface area contributed by atoms with E-state index in [1.807, 2.05) is 12.1 Å². The standard InChI is InChI=1S/C43H46ClF3N2O6/c1-27-5-3-16-41(2)34(15-17-42(41,53)26-48-18-20-49(21-19-48)40(52)38-6-4-22-54-38)31-11-8-28(23-30(50)10-7-27)24-32(31)39(51)37-14-13-36(55-37)33-25-29(43(45,46)47)9-12-35(33)44/h4-6,8-9,11-14,22,24-25,30,34,50,53H,3,7,10,15-21,23,26H2,1-2H3. The maximum atomic E-state index is 14.5. The molecule has 4 aliphatic rings. The zero-order chi connectivity index (χ0) is 39.1. The fraction of sp³-hybridized carbons (Fsp3) is 0.442. The summed E-state index contributed by atoms with van der Waals surface area (Å²) in [6.45, 7) is 6.76. The molecule has 4 unspecified atom stereocenters. The minimum Gasteiger partial charge on any atom is -0.459 e. The molecular weight excluding hydrogens is 733 g/mol. The van der Waals surface area contributed by atoms with Gasteiger partial charge in [0, 0.05) is 49.3 Å². The molecule has 292 valence electrons. The van der Waals surface area contributed by atoms with E-state index in [2.05, 4.69) is 24.8 Å². The number of furan rings is 2. The molecule has 2 aromatic heterocycles. The Morgan fingerprint density at radius 2 is 1.76 bits per heavy atom. The lowest BCUT2D eigenvalue weighted by atomic mass is 9.64. The molecule has 0 radical (unpaired) electrons. The van der Waals surface area contributed by atoms with Crippen LogP contribution in [0.1, 0.15) is 102 Å². The van der Waals surface area contributed by atoms with Gasteiger partial charge in [-0.2, -0.15) is 13.2 Å². The van der Waals surface area contributed by atoms with Gasteiger partial charge in [-0.1, -0.05) is 42.3 Å². The number of benzene rings is 2. The van der Waals surface area contributed by atoms with Gasteiger partial charge in [-0.15, -0.1) is 0 Å². The highest BCUT2D eigenvalue weighted by atomic mass is 35.5. The zero-order valence-corrected chi connectivity index (χ0v) is 31.8. The maximum absolute atomic E-state index is 14.5. The molecule has 0 spiro atoms. The highest BCUT2D eigenvalue weighted by molar-refractivity contribution is 6.33. The van der Waals surface area contributed by atoms with Gasteiger partial charge in [0.15, 0.2) is 11.5 Å². The minimum atomic E-state index is -4.59. The number of nitrogens with zero attached hydrogens (tertiary/aromatic N) is 2. The molecular formula is C43H46ClF3N2O6. The predicted octanol–water partition coefficient (Wildman–Crippen LogP) is 8.94. The van der Waals surface area contributed by atoms with Gasteiger partial charge in [-0.3, -0.25) is 14.5 Å². The van der Waals surface area contributed by atoms with Crippen LogP contribution in [-0.4, -0.2) is 76.1 Å². The first kappa shape index (κ1) is 39.1. The first-order valence-corrected chi connectivity index (χ1v) is 19.3. The molecule has 2 N–H and O–H groups in total. The Hall–Kier alpha value is -4.16. The van der Waals surface area contributed by atoms with Crippen molar-refractivity contribution in [3.63, 3.8) is 0 Å². The van der Waals surface area contributed by atoms with Gasteiger partial charge < -0.3 is 23.9 Å². The van der Waals surface area contributed by atoms with Gasteiger partial charge >= 0.3 is 6.18 Å². The number of halogens is 4. The van der Waals surface area contributed by atoms with E-state index in [4.69, 9.17) is 20.4 Å². The molecule has 55 heavy (non-hydrogen) atoms. The molecule has 2 bridgehead atoms. The lowest BCUT2D eigenvalue weighted by Crippen LogP contribution is -2.57. The van der Waals surface area contributed by atoms with E-state index in [1.54, 1.807) is 23.1 Å². The average molecular weight is 779 g/mol. The molecule has 8 nitrogen and oxygen atoms in total. The van der Waals surface area contributed by atoms with Crippen LogP contribution in [0.5, 0.6) is 0 Å². The fourth-order valence-corrected chi connectivity index (χ4v) is 9.07. The minimum absolute atomic E-state index is 0.0186. The number of aliphatic hydroxyl groups is 2. The molecule has 3 heterocycles. The molecule has 3 aliphatic carbocycles. The van der Waals surface area contributed by atoms with E-state index in [1.165, 1.54) is 24.0 Å². The van der Waals surface area contributed by atoms with Crippen LogP contribution in [0.4, 0.5) is 13.2 Å². The normalized spacial score (nSPS) is 25.4. The summed E-state index contributed by atoms with van der Waals surface area (Å²) >= 11 is 6.32. The van der Waals surface area contributed by atoms with Crippen LogP contribution >= 0.6 is 11.6 Å². The second-order valence-electron chi connectivity index (χ2n) is 15.7. The van der Waals surface area contributed by atoms with E-state index in [0.717, 1.165) is 29.3 Å². The number of carbonyl (C=O) groups is 2. The lowest BCUT2D eigenvalue weighted by Gasteiger charge is -2.47. The first-order chi connectivity index (χ1) is 26.1. The van der Waals surface area contributed by atoms with Crippen molar-refractivity contribution in [1.82, 2.24) is 9.80 Å². The lowest BCUT2D eigenvalue weighted by molar-refractivity contribution is -0.137. The number of piperazine rings is 1. The van der Waals surface area contributed by atoms with Gasteiger partial charge in [-0.25, -0.2) is 0 Å². The Balaban J connectivity index is 1.21. The van der Waals surface area contributed by atoms with Crippen molar-refractivity contribution in [2.75, 3.05) is 32.7 Å². The third-order valence-corrected chi connectivity index (χ3v) is 12.5. The van der Waals surface area contributed by atoms with Gasteiger partial charge in [0.05, 0.1) is 28.6 Å². The number of rotatable bonds is 6. The van der Waals surface area contributed by atoms with Crippen LogP contribution in [0.3, 0.4) is 0 Å². The number of fused-ring (bicyclic) bond motifs is 8. The number of β-amino-alcohol motifs (C(OH)–C–C–N with tert-alkyl or cyclic N) is 1. The van der Waals surface area contributed by atoms with Crippen molar-refractivity contribution in [3.8, 4) is 11.3 Å². The van der Waals surface area contributed by atoms with Gasteiger partial charge in [0.1, 0.15) is 5.76 Å². The molecule has 1 saturated heterocycles. The van der Waals surface area contributed by atoms with Crippen molar-refractivity contribution in [3.05, 3.63) is 117 Å². The highest BCUT2D eigenvalue weighted by Gasteiger charge is 2.57. The average Bonchev–Trinajstić information content (AvgIpc) is 3.92. The van der Waals surface area contributed by atoms with Crippen LogP contribution in [0.15, 0.2) is 87.4 Å². The Morgan fingerprint density at radius 1 is 0.982 bits per heavy atom. The first-order valence-electron chi connectivity index (χ1n) is 18.9. The largest absolute Gasteiger partial charge is 0.459 e. The molecule has 1 aliphatic heterocycles. The van der Waals surface area contributed by atoms with Crippen molar-refractivity contribution < 1.29 is 41.8 Å². The summed E-state index contributed by atoms with van der Waals surface area (Å²) in [6.07, 6.45) is 2.48. The molecule has 4 atom stereocenters. The Morgan fingerprint density at radius 3 is 2.49 bits per heavy atom. The Kier molecular flexibility index (Phi) is 11.0. The highest BCUT2D eigenvalue weighted by Crippen LogP contribution is 2.59. The third-order valence-electron chi connectivity index (χ3n) is 12.2. The molecule has 2 aromatic carbocycles. The summed E-state index contributed by atoms with van der Waals surface area (Å²) in [7, 11) is 0. The van der Waals surface area contributed by atoms with E-state index in [-0.39, 0.29) is 33.9 Å². The summed E-state index contributed by atoms with van der Waals surface area (Å²) in [5.41, 5.74) is 0.392. The molecule has 4 aromatic rings. The number of hydrogen-bond donors (Lipinski definition) is 2. The predicted molar refractivity (Wildman–Crippen MR) is 202 cm³/mol. The maximum Gasteiger partial charge on any atom is 0.416 e. The summed E-state index contributed by atoms with van der Waals surface area (Å²) in [5.74, 6) is -0.557. The molecule has 1 saturated carbocycles. The topological polar surface area (TPSA) is 107 Å². The SMILES string of the molecule is CC1=CCCC2(C)C(CCC2(O)CN2CCN(C(=O)c3ccco3)CC2)c2ccc(cc2C(=O)c2ccc(-c3cc(C(F)(F)F)ccc3Cl)o2)CC(O)CC1. The zero-order valence-electron chi connectivity index (χ0n) is 31.0. The molecule has 2 fully saturated rings. The van der Waals surface area contributed by atoms with Crippen LogP contribution < -0.4 is 0 Å². The number of aliphatic hydroxyl groups excluding tert-OH is 1. The fourth-order valence-electron chi connectivity index (χ4n) is 8.86. The van der Waals surface area contributed by atoms with Crippen LogP contribution in [0.25, 0.3) is 11.3 Å². The number of alkyl halides is 3. The molecule has 8 rings (SSSR count). The number of carbonyl (C=O) groups excluding carboxylic acids is 2. The summed E-state index contributed by atoms with van der Waals surface area (Å²) in [5, 5.41) is 23.8. The van der Waals surface area contributed by atoms with Gasteiger partial charge in [-0.05, 0) is 117 Å². The second-order valence-corrected chi connectivity index (χ2v) is 16.1. The monoisotopic (exact) mass is 778 g/mol. The Bertz CT molecular complexity index is 2070. The quantitative estimate of drug-likeness (QED) is 0.149. The van der Waals surface area contributed by atoms with Gasteiger partial charge in [0.2, 0.25) is 5.78 Å². The van der Waals surface area contributed by atoms with Crippen molar-refractivity contribution >= 4 is 23.3 Å². The molecule has 1 amide bonds. The second kappa shape index (κ2) is 15.4. The molecule has 12 heteroatoms. The summed E-state index contributed by atoms with van der Waals surface area (Å²) in [6, 6.07) is 14.9. The van der Waals surface area contributed by atoms with Gasteiger partial charge in [0.25, 0.3) is 5.91 Å². The van der Waals surface area contributed by atoms with Crippen LogP contribution in [0, 0.1) is 5.41 Å². The smallest absolute Gasteiger partial charge is 0.416 e. The van der Waals surface area contributed by atoms with Crippen molar-refractivity contribution in [2.45, 2.75) is 82.6 Å². The van der Waals surface area contributed by atoms with Crippen LogP contribution in [-0.2, 0) is 12.6 Å². The number of hydrogen-bond acceptors (Lipinski definition) is 7. The number of amides is 1. The van der Waals surface area contributed by atoms with E-state index in [9.17, 15) is 33.0 Å². The van der Waals surface area contributed by atoms with Crippen molar-refractivity contribution in [2.24, 2.45) is 5.41 Å². The van der Waals surface area contributed by atoms with Crippen molar-refractivity contribution in [1.29, 1.82) is 0 Å². The van der Waals surface area contributed by atoms with E-state index in [0.29, 0.717) is 89.0 Å². The number of ketones is 1. The van der Waals surface area contributed by atoms with E-state index < -0.39 is 34.6 Å². The van der Waals surface area contributed by atoms with E-state index >= 15 is 0 Å². The Labute approximate surface area is 323 Å². The third kappa shape index (κ3) is 7.94. The number of allylic oxidation sites excluding steroid dienone is 2. The van der Waals surface area contributed by atoms with Crippen LogP contribution in [0.2, 0.25) is 5.02 Å². The summed E-state index contributed by atoms with van der Waals surface area (Å²) < 4.78 is 52.0.